The summed E-state index contributed by atoms with van der Waals surface area (Å²) in [6, 6.07) is 14.7. The molecule has 0 amide bonds. The number of rotatable bonds is 7. The van der Waals surface area contributed by atoms with E-state index in [0.717, 1.165) is 29.8 Å². The Morgan fingerprint density at radius 3 is 2.49 bits per heavy atom. The normalized spacial score (nSPS) is 17.7. The first-order valence-corrected chi connectivity index (χ1v) is 14.2. The highest BCUT2D eigenvalue weighted by Crippen LogP contribution is 2.43. The fourth-order valence-corrected chi connectivity index (χ4v) is 6.69. The van der Waals surface area contributed by atoms with E-state index in [1.165, 1.54) is 26.8 Å². The van der Waals surface area contributed by atoms with E-state index < -0.39 is 16.0 Å². The van der Waals surface area contributed by atoms with E-state index in [4.69, 9.17) is 0 Å². The number of carbonyl (C=O) groups is 1. The van der Waals surface area contributed by atoms with Gasteiger partial charge in [-0.25, -0.2) is 13.2 Å². The quantitative estimate of drug-likeness (QED) is 0.451. The molecule has 1 unspecified atom stereocenters. The molecule has 1 N–H and O–H groups in total. The summed E-state index contributed by atoms with van der Waals surface area (Å²) in [5.74, 6) is -1.13. The number of aromatic nitrogens is 2. The predicted octanol–water partition coefficient (Wildman–Crippen LogP) is 4.84. The zero-order valence-electron chi connectivity index (χ0n) is 20.3. The summed E-state index contributed by atoms with van der Waals surface area (Å²) in [7, 11) is -0.502. The largest absolute Gasteiger partial charge is 0.476 e. The van der Waals surface area contributed by atoms with Gasteiger partial charge in [0.2, 0.25) is 10.0 Å². The Morgan fingerprint density at radius 2 is 1.89 bits per heavy atom. The van der Waals surface area contributed by atoms with Gasteiger partial charge in [0.25, 0.3) is 0 Å². The Hall–Kier alpha value is -2.82. The molecule has 0 saturated carbocycles. The smallest absolute Gasteiger partial charge is 0.356 e. The maximum atomic E-state index is 13.9. The molecule has 0 bridgehead atoms. The number of aromatic carboxylic acids is 1. The lowest BCUT2D eigenvalue weighted by molar-refractivity contribution is 0.0689. The highest BCUT2D eigenvalue weighted by atomic mass is 32.2. The van der Waals surface area contributed by atoms with E-state index in [9.17, 15) is 18.3 Å². The van der Waals surface area contributed by atoms with Gasteiger partial charge >= 0.3 is 5.97 Å². The summed E-state index contributed by atoms with van der Waals surface area (Å²) in [6.07, 6.45) is 4.59. The van der Waals surface area contributed by atoms with Gasteiger partial charge in [-0.15, -0.1) is 11.8 Å². The lowest BCUT2D eigenvalue weighted by atomic mass is 10.1. The molecule has 4 rings (SSSR count). The lowest BCUT2D eigenvalue weighted by Gasteiger charge is -2.29. The number of fused-ring (bicyclic) bond motifs is 1. The van der Waals surface area contributed by atoms with E-state index in [1.807, 2.05) is 42.7 Å². The summed E-state index contributed by atoms with van der Waals surface area (Å²) < 4.78 is 30.8. The average Bonchev–Trinajstić information content (AvgIpc) is 3.22. The molecule has 2 aromatic carbocycles. The molecule has 35 heavy (non-hydrogen) atoms. The second kappa shape index (κ2) is 10.0. The van der Waals surface area contributed by atoms with Crippen LogP contribution in [0.4, 0.5) is 11.4 Å². The molecule has 0 aliphatic carbocycles. The maximum absolute atomic E-state index is 13.9. The Bertz CT molecular complexity index is 1340. The van der Waals surface area contributed by atoms with E-state index in [1.54, 1.807) is 20.2 Å². The second-order valence-corrected chi connectivity index (χ2v) is 11.4. The Labute approximate surface area is 210 Å². The number of carboxylic acid groups (broad SMARTS) is 1. The number of para-hydroxylation sites is 1. The predicted molar refractivity (Wildman–Crippen MR) is 139 cm³/mol. The topological polar surface area (TPSA) is 95.7 Å². The van der Waals surface area contributed by atoms with Crippen molar-refractivity contribution >= 4 is 39.1 Å². The lowest BCUT2D eigenvalue weighted by Crippen LogP contribution is -2.40. The number of anilines is 2. The summed E-state index contributed by atoms with van der Waals surface area (Å²) >= 11 is 1.49. The van der Waals surface area contributed by atoms with E-state index >= 15 is 0 Å². The van der Waals surface area contributed by atoms with Crippen LogP contribution in [0.3, 0.4) is 0 Å². The molecule has 2 heterocycles. The average molecular weight is 515 g/mol. The minimum absolute atomic E-state index is 0.0880. The van der Waals surface area contributed by atoms with Crippen LogP contribution in [0.5, 0.6) is 0 Å². The Kier molecular flexibility index (Phi) is 7.25. The molecule has 186 valence electrons. The van der Waals surface area contributed by atoms with Gasteiger partial charge in [-0.05, 0) is 43.0 Å². The number of sulfonamides is 1. The van der Waals surface area contributed by atoms with Gasteiger partial charge in [0, 0.05) is 42.8 Å². The number of benzene rings is 2. The zero-order chi connectivity index (χ0) is 25.3. The van der Waals surface area contributed by atoms with Gasteiger partial charge < -0.3 is 10.0 Å². The fourth-order valence-electron chi connectivity index (χ4n) is 4.50. The molecule has 0 radical (unpaired) electrons. The number of carboxylic acids is 1. The maximum Gasteiger partial charge on any atom is 0.356 e. The van der Waals surface area contributed by atoms with Gasteiger partial charge in [-0.3, -0.25) is 4.68 Å². The monoisotopic (exact) mass is 514 g/mol. The molecule has 0 saturated heterocycles. The molecular formula is C25H30N4O4S2. The van der Waals surface area contributed by atoms with Crippen molar-refractivity contribution in [1.29, 1.82) is 0 Å². The van der Waals surface area contributed by atoms with Crippen LogP contribution >= 0.6 is 11.8 Å². The van der Waals surface area contributed by atoms with E-state index in [2.05, 4.69) is 16.9 Å². The highest BCUT2D eigenvalue weighted by Gasteiger charge is 2.37. The molecule has 1 aliphatic rings. The van der Waals surface area contributed by atoms with Crippen molar-refractivity contribution in [2.45, 2.75) is 42.0 Å². The van der Waals surface area contributed by atoms with Crippen LogP contribution in [0.15, 0.2) is 58.3 Å². The van der Waals surface area contributed by atoms with E-state index in [0.29, 0.717) is 23.5 Å². The van der Waals surface area contributed by atoms with Crippen LogP contribution in [0, 0.1) is 0 Å². The van der Waals surface area contributed by atoms with Crippen molar-refractivity contribution < 1.29 is 18.3 Å². The van der Waals surface area contributed by atoms with Crippen molar-refractivity contribution in [1.82, 2.24) is 14.1 Å². The van der Waals surface area contributed by atoms with Crippen LogP contribution in [-0.4, -0.2) is 59.5 Å². The third-order valence-corrected chi connectivity index (χ3v) is 9.19. The number of likely N-dealkylation sites (N-methyl/N-ethyl adjacent to an activating group) is 1. The van der Waals surface area contributed by atoms with Gasteiger partial charge in [-0.2, -0.15) is 9.40 Å². The summed E-state index contributed by atoms with van der Waals surface area (Å²) in [5.41, 5.74) is 2.64. The molecule has 3 aromatic rings. The van der Waals surface area contributed by atoms with Crippen molar-refractivity contribution in [3.8, 4) is 11.3 Å². The Balaban J connectivity index is 1.98. The summed E-state index contributed by atoms with van der Waals surface area (Å²) in [5, 5.41) is 13.5. The zero-order valence-corrected chi connectivity index (χ0v) is 21.9. The van der Waals surface area contributed by atoms with E-state index in [-0.39, 0.29) is 16.6 Å². The van der Waals surface area contributed by atoms with Crippen LogP contribution in [-0.2, 0) is 17.1 Å². The van der Waals surface area contributed by atoms with Gasteiger partial charge in [0.1, 0.15) is 4.90 Å². The third kappa shape index (κ3) is 4.70. The molecular weight excluding hydrogens is 484 g/mol. The number of hydrogen-bond acceptors (Lipinski definition) is 6. The van der Waals surface area contributed by atoms with Crippen molar-refractivity contribution in [3.63, 3.8) is 0 Å². The van der Waals surface area contributed by atoms with Crippen molar-refractivity contribution in [2.75, 3.05) is 24.7 Å². The van der Waals surface area contributed by atoms with Crippen LogP contribution in [0.25, 0.3) is 11.3 Å². The molecule has 0 spiro atoms. The fraction of sp³-hybridized carbons (Fsp3) is 0.360. The third-order valence-electron chi connectivity index (χ3n) is 6.47. The standard InChI is InChI=1S/C25H30N4O4S2/c1-5-6-10-18-16-29(17-11-8-7-9-12-17)22-15-23(34-4)19(13-24(22)35(32,33)28(18)3)21-14-20(25(30)31)26-27(21)2/h7-9,11-15,18H,5-6,10,16H2,1-4H3,(H,30,31). The summed E-state index contributed by atoms with van der Waals surface area (Å²) in [4.78, 5) is 14.6. The minimum atomic E-state index is -3.82. The molecule has 0 fully saturated rings. The second-order valence-electron chi connectivity index (χ2n) is 8.63. The molecule has 10 heteroatoms. The van der Waals surface area contributed by atoms with Crippen LogP contribution < -0.4 is 4.90 Å². The molecule has 1 aromatic heterocycles. The van der Waals surface area contributed by atoms with Crippen molar-refractivity contribution in [2.24, 2.45) is 7.05 Å². The number of unbranched alkanes of at least 4 members (excludes halogenated alkanes) is 1. The van der Waals surface area contributed by atoms with Crippen LogP contribution in [0.1, 0.15) is 36.7 Å². The number of hydrogen-bond donors (Lipinski definition) is 1. The first-order valence-electron chi connectivity index (χ1n) is 11.5. The van der Waals surface area contributed by atoms with Gasteiger partial charge in [0.05, 0.1) is 11.4 Å². The molecule has 1 atom stereocenters. The first-order chi connectivity index (χ1) is 16.7. The number of nitrogens with zero attached hydrogens (tertiary/aromatic N) is 4. The van der Waals surface area contributed by atoms with Crippen LogP contribution in [0.2, 0.25) is 0 Å². The number of aryl methyl sites for hydroxylation is 1. The Morgan fingerprint density at radius 1 is 1.17 bits per heavy atom. The van der Waals surface area contributed by atoms with Crippen molar-refractivity contribution in [3.05, 3.63) is 54.2 Å². The summed E-state index contributed by atoms with van der Waals surface area (Å²) in [6.45, 7) is 2.64. The SMILES string of the molecule is CCCCC1CN(c2ccccc2)c2cc(SC)c(-c3cc(C(=O)O)nn3C)cc2S(=O)(=O)N1C. The molecule has 8 nitrogen and oxygen atoms in total. The number of thioether (sulfide) groups is 1. The van der Waals surface area contributed by atoms with Gasteiger partial charge in [0.15, 0.2) is 5.69 Å². The minimum Gasteiger partial charge on any atom is -0.476 e. The van der Waals surface area contributed by atoms with Gasteiger partial charge in [-0.1, -0.05) is 38.0 Å². The first kappa shape index (κ1) is 25.3. The highest BCUT2D eigenvalue weighted by molar-refractivity contribution is 7.98. The molecule has 1 aliphatic heterocycles.